The molecule has 0 fully saturated rings. The third-order valence-corrected chi connectivity index (χ3v) is 6.55. The van der Waals surface area contributed by atoms with Gasteiger partial charge >= 0.3 is 12.1 Å². The standard InChI is InChI=1S/C24H23NO4S/c1-4-28-23(26)21-14(2)15(3)30-22(21)25-24(27)29-13-20-18-11-7-5-9-16(18)17-10-6-8-12-19(17)20/h5-12,20H,4,13H2,1-3H3,(H,25,27). The number of fused-ring (bicyclic) bond motifs is 3. The van der Waals surface area contributed by atoms with Crippen LogP contribution in [0.15, 0.2) is 48.5 Å². The van der Waals surface area contributed by atoms with Gasteiger partial charge in [-0.3, -0.25) is 5.32 Å². The summed E-state index contributed by atoms with van der Waals surface area (Å²) < 4.78 is 10.7. The Morgan fingerprint density at radius 2 is 1.57 bits per heavy atom. The lowest BCUT2D eigenvalue weighted by atomic mass is 9.98. The molecule has 0 saturated carbocycles. The molecule has 0 aliphatic heterocycles. The molecule has 2 aromatic carbocycles. The molecule has 5 nitrogen and oxygen atoms in total. The highest BCUT2D eigenvalue weighted by Crippen LogP contribution is 2.44. The normalized spacial score (nSPS) is 12.2. The average molecular weight is 422 g/mol. The van der Waals surface area contributed by atoms with Crippen molar-refractivity contribution in [1.82, 2.24) is 0 Å². The van der Waals surface area contributed by atoms with E-state index in [0.717, 1.165) is 21.6 Å². The summed E-state index contributed by atoms with van der Waals surface area (Å²) in [6.45, 7) is 6.01. The summed E-state index contributed by atoms with van der Waals surface area (Å²) in [5, 5.41) is 3.20. The SMILES string of the molecule is CCOC(=O)c1c(NC(=O)OCC2c3ccccc3-c3ccccc32)sc(C)c1C. The topological polar surface area (TPSA) is 64.6 Å². The van der Waals surface area contributed by atoms with Gasteiger partial charge in [-0.25, -0.2) is 9.59 Å². The first-order chi connectivity index (χ1) is 14.5. The molecule has 0 radical (unpaired) electrons. The first-order valence-corrected chi connectivity index (χ1v) is 10.7. The van der Waals surface area contributed by atoms with Crippen LogP contribution in [0, 0.1) is 13.8 Å². The van der Waals surface area contributed by atoms with Gasteiger partial charge in [-0.05, 0) is 48.6 Å². The number of amides is 1. The van der Waals surface area contributed by atoms with Crippen molar-refractivity contribution in [2.24, 2.45) is 0 Å². The van der Waals surface area contributed by atoms with E-state index >= 15 is 0 Å². The monoisotopic (exact) mass is 421 g/mol. The first-order valence-electron chi connectivity index (χ1n) is 9.90. The number of carbonyl (C=O) groups is 2. The van der Waals surface area contributed by atoms with E-state index in [2.05, 4.69) is 29.6 Å². The number of thiophene rings is 1. The second-order valence-corrected chi connectivity index (χ2v) is 8.38. The summed E-state index contributed by atoms with van der Waals surface area (Å²) in [6.07, 6.45) is -0.580. The zero-order valence-electron chi connectivity index (χ0n) is 17.2. The Bertz CT molecular complexity index is 1070. The number of rotatable bonds is 5. The van der Waals surface area contributed by atoms with Crippen molar-refractivity contribution in [2.75, 3.05) is 18.5 Å². The molecule has 3 aromatic rings. The maximum absolute atomic E-state index is 12.6. The lowest BCUT2D eigenvalue weighted by Crippen LogP contribution is -2.19. The molecular weight excluding hydrogens is 398 g/mol. The van der Waals surface area contributed by atoms with Crippen molar-refractivity contribution >= 4 is 28.4 Å². The van der Waals surface area contributed by atoms with Crippen molar-refractivity contribution in [3.63, 3.8) is 0 Å². The highest BCUT2D eigenvalue weighted by Gasteiger charge is 2.29. The van der Waals surface area contributed by atoms with Crippen molar-refractivity contribution < 1.29 is 19.1 Å². The van der Waals surface area contributed by atoms with E-state index in [1.807, 2.05) is 38.1 Å². The fraction of sp³-hybridized carbons (Fsp3) is 0.250. The molecule has 1 aliphatic carbocycles. The summed E-state index contributed by atoms with van der Waals surface area (Å²) >= 11 is 1.35. The molecule has 1 aromatic heterocycles. The summed E-state index contributed by atoms with van der Waals surface area (Å²) in [7, 11) is 0. The van der Waals surface area contributed by atoms with Crippen molar-refractivity contribution in [2.45, 2.75) is 26.7 Å². The van der Waals surface area contributed by atoms with E-state index in [1.165, 1.54) is 22.5 Å². The predicted molar refractivity (Wildman–Crippen MR) is 118 cm³/mol. The predicted octanol–water partition coefficient (Wildman–Crippen LogP) is 5.90. The van der Waals surface area contributed by atoms with Gasteiger partial charge in [0.1, 0.15) is 11.6 Å². The molecule has 1 amide bonds. The number of ether oxygens (including phenoxy) is 2. The minimum Gasteiger partial charge on any atom is -0.462 e. The lowest BCUT2D eigenvalue weighted by molar-refractivity contribution is 0.0527. The maximum Gasteiger partial charge on any atom is 0.412 e. The summed E-state index contributed by atoms with van der Waals surface area (Å²) in [5.41, 5.74) is 5.87. The van der Waals surface area contributed by atoms with Crippen molar-refractivity contribution in [3.05, 3.63) is 75.7 Å². The Labute approximate surface area is 179 Å². The molecular formula is C24H23NO4S. The molecule has 1 heterocycles. The number of hydrogen-bond donors (Lipinski definition) is 1. The van der Waals surface area contributed by atoms with Gasteiger partial charge in [-0.15, -0.1) is 11.3 Å². The third-order valence-electron chi connectivity index (χ3n) is 5.42. The van der Waals surface area contributed by atoms with Gasteiger partial charge in [0.2, 0.25) is 0 Å². The van der Waals surface area contributed by atoms with E-state index in [4.69, 9.17) is 9.47 Å². The highest BCUT2D eigenvalue weighted by molar-refractivity contribution is 7.16. The number of aryl methyl sites for hydroxylation is 1. The summed E-state index contributed by atoms with van der Waals surface area (Å²) in [5.74, 6) is -0.451. The van der Waals surface area contributed by atoms with Gasteiger partial charge in [-0.1, -0.05) is 48.5 Å². The van der Waals surface area contributed by atoms with E-state index < -0.39 is 12.1 Å². The molecule has 6 heteroatoms. The zero-order chi connectivity index (χ0) is 21.3. The number of nitrogens with one attached hydrogen (secondary N) is 1. The van der Waals surface area contributed by atoms with E-state index in [0.29, 0.717) is 10.6 Å². The molecule has 0 spiro atoms. The van der Waals surface area contributed by atoms with Gasteiger partial charge in [0, 0.05) is 10.8 Å². The Morgan fingerprint density at radius 3 is 2.17 bits per heavy atom. The van der Waals surface area contributed by atoms with Crippen LogP contribution in [-0.4, -0.2) is 25.3 Å². The smallest absolute Gasteiger partial charge is 0.412 e. The van der Waals surface area contributed by atoms with Gasteiger partial charge in [0.25, 0.3) is 0 Å². The van der Waals surface area contributed by atoms with E-state index in [1.54, 1.807) is 6.92 Å². The molecule has 0 atom stereocenters. The Hall–Kier alpha value is -3.12. The number of esters is 1. The average Bonchev–Trinajstić information content (AvgIpc) is 3.20. The minimum atomic E-state index is -0.580. The van der Waals surface area contributed by atoms with Crippen LogP contribution in [0.4, 0.5) is 9.80 Å². The van der Waals surface area contributed by atoms with Gasteiger partial charge in [0.15, 0.2) is 0 Å². The fourth-order valence-electron chi connectivity index (χ4n) is 3.89. The van der Waals surface area contributed by atoms with Crippen LogP contribution in [0.1, 0.15) is 44.8 Å². The summed E-state index contributed by atoms with van der Waals surface area (Å²) in [6, 6.07) is 16.4. The molecule has 1 aliphatic rings. The van der Waals surface area contributed by atoms with Crippen LogP contribution >= 0.6 is 11.3 Å². The lowest BCUT2D eigenvalue weighted by Gasteiger charge is -2.14. The van der Waals surface area contributed by atoms with Crippen LogP contribution in [0.25, 0.3) is 11.1 Å². The largest absolute Gasteiger partial charge is 0.462 e. The minimum absolute atomic E-state index is 0.0144. The molecule has 0 unspecified atom stereocenters. The molecule has 1 N–H and O–H groups in total. The van der Waals surface area contributed by atoms with Crippen LogP contribution in [0.3, 0.4) is 0 Å². The number of carbonyl (C=O) groups excluding carboxylic acids is 2. The van der Waals surface area contributed by atoms with Gasteiger partial charge in [0.05, 0.1) is 12.2 Å². The molecule has 30 heavy (non-hydrogen) atoms. The van der Waals surface area contributed by atoms with Crippen molar-refractivity contribution in [1.29, 1.82) is 0 Å². The quantitative estimate of drug-likeness (QED) is 0.521. The third kappa shape index (κ3) is 3.59. The molecule has 4 rings (SSSR count). The van der Waals surface area contributed by atoms with Crippen LogP contribution in [0.5, 0.6) is 0 Å². The summed E-state index contributed by atoms with van der Waals surface area (Å²) in [4.78, 5) is 25.8. The van der Waals surface area contributed by atoms with Gasteiger partial charge in [-0.2, -0.15) is 0 Å². The van der Waals surface area contributed by atoms with E-state index in [9.17, 15) is 9.59 Å². The number of benzene rings is 2. The van der Waals surface area contributed by atoms with Crippen LogP contribution in [0.2, 0.25) is 0 Å². The van der Waals surface area contributed by atoms with Crippen LogP contribution in [-0.2, 0) is 9.47 Å². The molecule has 0 bridgehead atoms. The first kappa shape index (κ1) is 20.2. The van der Waals surface area contributed by atoms with Crippen LogP contribution < -0.4 is 5.32 Å². The van der Waals surface area contributed by atoms with Crippen molar-refractivity contribution in [3.8, 4) is 11.1 Å². The molecule has 0 saturated heterocycles. The highest BCUT2D eigenvalue weighted by atomic mass is 32.1. The fourth-order valence-corrected chi connectivity index (χ4v) is 4.93. The number of hydrogen-bond acceptors (Lipinski definition) is 5. The van der Waals surface area contributed by atoms with Gasteiger partial charge < -0.3 is 9.47 Å². The number of anilines is 1. The Morgan fingerprint density at radius 1 is 0.967 bits per heavy atom. The zero-order valence-corrected chi connectivity index (χ0v) is 18.0. The molecule has 154 valence electrons. The second-order valence-electron chi connectivity index (χ2n) is 7.16. The van der Waals surface area contributed by atoms with E-state index in [-0.39, 0.29) is 19.1 Å². The Kier molecular flexibility index (Phi) is 5.59. The Balaban J connectivity index is 1.51. The maximum atomic E-state index is 12.6. The second kappa shape index (κ2) is 8.32.